The molecule has 1 aliphatic heterocycles. The number of fused-ring (bicyclic) bond motifs is 5. The Hall–Kier alpha value is -3.56. The van der Waals surface area contributed by atoms with Gasteiger partial charge in [0.25, 0.3) is 0 Å². The van der Waals surface area contributed by atoms with Crippen LogP contribution in [0.15, 0.2) is 53.7 Å². The molecule has 0 spiro atoms. The number of aromatic nitrogens is 4. The predicted molar refractivity (Wildman–Crippen MR) is 148 cm³/mol. The van der Waals surface area contributed by atoms with E-state index in [0.29, 0.717) is 28.2 Å². The van der Waals surface area contributed by atoms with Crippen molar-refractivity contribution in [3.63, 3.8) is 0 Å². The fourth-order valence-electron chi connectivity index (χ4n) is 5.17. The SMILES string of the molecule is CCNC(=O)Cc1c(=O)c2ccc(N3CCCC(c4cnccn4)C3)nc2n2c1sc1cc(Cl)ccc12. The average Bonchev–Trinajstić information content (AvgIpc) is 3.30. The zero-order chi connectivity index (χ0) is 25.5. The number of nitrogens with zero attached hydrogens (tertiary/aromatic N) is 5. The van der Waals surface area contributed by atoms with E-state index >= 15 is 0 Å². The molecule has 37 heavy (non-hydrogen) atoms. The highest BCUT2D eigenvalue weighted by molar-refractivity contribution is 7.24. The lowest BCUT2D eigenvalue weighted by Gasteiger charge is -2.33. The van der Waals surface area contributed by atoms with Crippen LogP contribution in [0.2, 0.25) is 5.02 Å². The lowest BCUT2D eigenvalue weighted by molar-refractivity contribution is -0.120. The summed E-state index contributed by atoms with van der Waals surface area (Å²) in [5, 5.41) is 3.93. The van der Waals surface area contributed by atoms with Crippen molar-refractivity contribution in [1.82, 2.24) is 24.7 Å². The van der Waals surface area contributed by atoms with Crippen molar-refractivity contribution < 1.29 is 4.79 Å². The Balaban J connectivity index is 1.51. The number of nitrogens with one attached hydrogen (secondary N) is 1. The van der Waals surface area contributed by atoms with Crippen molar-refractivity contribution >= 4 is 60.7 Å². The highest BCUT2D eigenvalue weighted by atomic mass is 35.5. The van der Waals surface area contributed by atoms with E-state index in [1.807, 2.05) is 47.9 Å². The molecular weight excluding hydrogens is 508 g/mol. The first-order valence-corrected chi connectivity index (χ1v) is 13.6. The van der Waals surface area contributed by atoms with Crippen LogP contribution in [0.3, 0.4) is 0 Å². The molecule has 1 saturated heterocycles. The lowest BCUT2D eigenvalue weighted by Crippen LogP contribution is -2.35. The average molecular weight is 533 g/mol. The Kier molecular flexibility index (Phi) is 6.26. The fourth-order valence-corrected chi connectivity index (χ4v) is 6.63. The zero-order valence-electron chi connectivity index (χ0n) is 20.3. The van der Waals surface area contributed by atoms with Crippen molar-refractivity contribution in [3.8, 4) is 0 Å². The number of hydrogen-bond acceptors (Lipinski definition) is 7. The first kappa shape index (κ1) is 23.8. The summed E-state index contributed by atoms with van der Waals surface area (Å²) < 4.78 is 2.94. The van der Waals surface area contributed by atoms with E-state index in [9.17, 15) is 9.59 Å². The second-order valence-corrected chi connectivity index (χ2v) is 10.7. The van der Waals surface area contributed by atoms with Crippen LogP contribution in [0.25, 0.3) is 26.1 Å². The number of carbonyl (C=O) groups excluding carboxylic acids is 1. The first-order valence-electron chi connectivity index (χ1n) is 12.4. The molecule has 0 bridgehead atoms. The molecule has 8 nitrogen and oxygen atoms in total. The molecule has 1 unspecified atom stereocenters. The Morgan fingerprint density at radius 2 is 2.14 bits per heavy atom. The molecule has 1 N–H and O–H groups in total. The van der Waals surface area contributed by atoms with Gasteiger partial charge in [0.2, 0.25) is 5.91 Å². The van der Waals surface area contributed by atoms with Gasteiger partial charge in [-0.3, -0.25) is 24.0 Å². The molecule has 0 radical (unpaired) electrons. The van der Waals surface area contributed by atoms with E-state index in [-0.39, 0.29) is 23.7 Å². The third-order valence-corrected chi connectivity index (χ3v) is 8.28. The minimum absolute atomic E-state index is 0.0142. The largest absolute Gasteiger partial charge is 0.356 e. The van der Waals surface area contributed by atoms with Crippen molar-refractivity contribution in [3.05, 3.63) is 75.4 Å². The van der Waals surface area contributed by atoms with Crippen LogP contribution < -0.4 is 15.6 Å². The molecule has 1 atom stereocenters. The number of amides is 1. The summed E-state index contributed by atoms with van der Waals surface area (Å²) in [5.74, 6) is 0.912. The fraction of sp³-hybridized carbons (Fsp3) is 0.296. The van der Waals surface area contributed by atoms with Crippen LogP contribution in [0.5, 0.6) is 0 Å². The second kappa shape index (κ2) is 9.72. The molecule has 0 saturated carbocycles. The van der Waals surface area contributed by atoms with Crippen molar-refractivity contribution in [2.45, 2.75) is 32.1 Å². The van der Waals surface area contributed by atoms with Gasteiger partial charge in [-0.2, -0.15) is 0 Å². The van der Waals surface area contributed by atoms with Gasteiger partial charge in [-0.25, -0.2) is 4.98 Å². The van der Waals surface area contributed by atoms with Gasteiger partial charge in [-0.1, -0.05) is 11.6 Å². The number of pyridine rings is 2. The molecule has 5 heterocycles. The van der Waals surface area contributed by atoms with Gasteiger partial charge in [0.15, 0.2) is 11.1 Å². The predicted octanol–water partition coefficient (Wildman–Crippen LogP) is 4.57. The van der Waals surface area contributed by atoms with Gasteiger partial charge in [0, 0.05) is 54.7 Å². The van der Waals surface area contributed by atoms with Gasteiger partial charge in [0.1, 0.15) is 10.6 Å². The molecule has 1 amide bonds. The molecular formula is C27H25ClN6O2S. The maximum Gasteiger partial charge on any atom is 0.224 e. The normalized spacial score (nSPS) is 16.1. The minimum Gasteiger partial charge on any atom is -0.356 e. The van der Waals surface area contributed by atoms with Crippen LogP contribution in [0.1, 0.15) is 36.9 Å². The van der Waals surface area contributed by atoms with Crippen LogP contribution in [-0.2, 0) is 11.2 Å². The van der Waals surface area contributed by atoms with Crippen LogP contribution in [-0.4, -0.2) is 44.9 Å². The second-order valence-electron chi connectivity index (χ2n) is 9.25. The summed E-state index contributed by atoms with van der Waals surface area (Å²) >= 11 is 7.75. The molecule has 0 aliphatic carbocycles. The number of thiazole rings is 1. The molecule has 1 aromatic carbocycles. The Bertz CT molecular complexity index is 1700. The minimum atomic E-state index is -0.177. The van der Waals surface area contributed by atoms with Crippen LogP contribution >= 0.6 is 22.9 Å². The maximum atomic E-state index is 13.7. The lowest BCUT2D eigenvalue weighted by atomic mass is 9.95. The quantitative estimate of drug-likeness (QED) is 0.356. The topological polar surface area (TPSA) is 92.5 Å². The zero-order valence-corrected chi connectivity index (χ0v) is 21.8. The van der Waals surface area contributed by atoms with Gasteiger partial charge in [0.05, 0.1) is 27.7 Å². The van der Waals surface area contributed by atoms with E-state index in [1.54, 1.807) is 12.4 Å². The summed E-state index contributed by atoms with van der Waals surface area (Å²) in [4.78, 5) is 43.0. The molecule has 10 heteroatoms. The standard InChI is InChI=1S/C27H25ClN6O2S/c1-2-30-24(35)13-19-25(36)18-6-8-23(33-11-3-4-16(15-33)20-14-29-9-10-31-20)32-26(18)34-21-7-5-17(28)12-22(21)37-27(19)34/h5-10,12,14,16H,2-4,11,13,15H2,1H3,(H,30,35). The van der Waals surface area contributed by atoms with E-state index < -0.39 is 0 Å². The van der Waals surface area contributed by atoms with Crippen molar-refractivity contribution in [2.24, 2.45) is 0 Å². The third-order valence-electron chi connectivity index (χ3n) is 6.88. The van der Waals surface area contributed by atoms with E-state index in [2.05, 4.69) is 20.2 Å². The smallest absolute Gasteiger partial charge is 0.224 e. The summed E-state index contributed by atoms with van der Waals surface area (Å²) in [6, 6.07) is 9.43. The van der Waals surface area contributed by atoms with Crippen molar-refractivity contribution in [1.29, 1.82) is 0 Å². The number of hydrogen-bond donors (Lipinski definition) is 1. The number of piperidine rings is 1. The Morgan fingerprint density at radius 1 is 1.24 bits per heavy atom. The maximum absolute atomic E-state index is 13.7. The summed E-state index contributed by atoms with van der Waals surface area (Å²) in [5.41, 5.74) is 2.81. The van der Waals surface area contributed by atoms with Gasteiger partial charge >= 0.3 is 0 Å². The molecule has 1 fully saturated rings. The number of carbonyl (C=O) groups is 1. The summed E-state index contributed by atoms with van der Waals surface area (Å²) in [6.07, 6.45) is 7.34. The van der Waals surface area contributed by atoms with E-state index in [1.165, 1.54) is 11.3 Å². The Labute approximate surface area is 221 Å². The van der Waals surface area contributed by atoms with E-state index in [4.69, 9.17) is 16.6 Å². The molecule has 188 valence electrons. The van der Waals surface area contributed by atoms with Crippen LogP contribution in [0, 0.1) is 0 Å². The number of halogens is 1. The van der Waals surface area contributed by atoms with Gasteiger partial charge in [-0.15, -0.1) is 11.3 Å². The molecule has 1 aliphatic rings. The highest BCUT2D eigenvalue weighted by Crippen LogP contribution is 2.34. The van der Waals surface area contributed by atoms with Crippen LogP contribution in [0.4, 0.5) is 5.82 Å². The number of benzene rings is 1. The summed E-state index contributed by atoms with van der Waals surface area (Å²) in [7, 11) is 0. The monoisotopic (exact) mass is 532 g/mol. The van der Waals surface area contributed by atoms with Crippen molar-refractivity contribution in [2.75, 3.05) is 24.5 Å². The number of rotatable bonds is 5. The molecule has 5 aromatic rings. The molecule has 6 rings (SSSR count). The summed E-state index contributed by atoms with van der Waals surface area (Å²) in [6.45, 7) is 4.03. The van der Waals surface area contributed by atoms with Gasteiger partial charge in [-0.05, 0) is 50.1 Å². The number of anilines is 1. The van der Waals surface area contributed by atoms with Gasteiger partial charge < -0.3 is 10.2 Å². The highest BCUT2D eigenvalue weighted by Gasteiger charge is 2.25. The Morgan fingerprint density at radius 3 is 2.95 bits per heavy atom. The third kappa shape index (κ3) is 4.32. The molecule has 4 aromatic heterocycles. The number of likely N-dealkylation sites (N-methyl/N-ethyl adjacent to an activating group) is 1. The van der Waals surface area contributed by atoms with E-state index in [0.717, 1.165) is 52.5 Å². The first-order chi connectivity index (χ1) is 18.0.